The first-order valence-electron chi connectivity index (χ1n) is 9.54. The molecule has 0 amide bonds. The van der Waals surface area contributed by atoms with Gasteiger partial charge in [-0.15, -0.1) is 0 Å². The molecule has 7 heteroatoms. The molecule has 2 aromatic heterocycles. The van der Waals surface area contributed by atoms with Crippen molar-refractivity contribution in [2.45, 2.75) is 19.9 Å². The topological polar surface area (TPSA) is 92.3 Å². The number of nitrogen functional groups attached to an aromatic ring is 1. The molecule has 0 atom stereocenters. The van der Waals surface area contributed by atoms with Crippen molar-refractivity contribution in [1.29, 1.82) is 0 Å². The lowest BCUT2D eigenvalue weighted by atomic mass is 10.1. The van der Waals surface area contributed by atoms with E-state index in [2.05, 4.69) is 28.4 Å². The number of ether oxygens (including phenoxy) is 2. The number of fused-ring (bicyclic) bond motifs is 1. The second-order valence-corrected chi connectivity index (χ2v) is 7.15. The molecule has 4 aromatic rings. The van der Waals surface area contributed by atoms with Gasteiger partial charge in [-0.05, 0) is 43.7 Å². The summed E-state index contributed by atoms with van der Waals surface area (Å²) in [6, 6.07) is 12.9. The van der Waals surface area contributed by atoms with Crippen molar-refractivity contribution in [2.75, 3.05) is 12.8 Å². The lowest BCUT2D eigenvalue weighted by Crippen LogP contribution is -2.00. The second-order valence-electron chi connectivity index (χ2n) is 7.15. The quantitative estimate of drug-likeness (QED) is 0.462. The molecule has 0 aliphatic carbocycles. The molecule has 4 rings (SSSR count). The summed E-state index contributed by atoms with van der Waals surface area (Å²) >= 11 is 0. The van der Waals surface area contributed by atoms with Gasteiger partial charge in [0, 0.05) is 23.9 Å². The molecule has 30 heavy (non-hydrogen) atoms. The van der Waals surface area contributed by atoms with Gasteiger partial charge in [0.15, 0.2) is 6.29 Å². The first kappa shape index (κ1) is 19.4. The fourth-order valence-corrected chi connectivity index (χ4v) is 3.38. The number of hydrogen-bond acceptors (Lipinski definition) is 6. The van der Waals surface area contributed by atoms with Gasteiger partial charge in [0.05, 0.1) is 18.1 Å². The first-order valence-corrected chi connectivity index (χ1v) is 9.54. The highest BCUT2D eigenvalue weighted by molar-refractivity contribution is 6.00. The number of methoxy groups -OCH3 is 1. The van der Waals surface area contributed by atoms with Crippen molar-refractivity contribution >= 4 is 23.1 Å². The van der Waals surface area contributed by atoms with Crippen molar-refractivity contribution in [3.63, 3.8) is 0 Å². The van der Waals surface area contributed by atoms with Crippen molar-refractivity contribution in [1.82, 2.24) is 14.5 Å². The number of nitrogens with two attached hydrogens (primary N) is 1. The summed E-state index contributed by atoms with van der Waals surface area (Å²) in [6.45, 7) is 4.19. The minimum Gasteiger partial charge on any atom is -0.497 e. The van der Waals surface area contributed by atoms with Crippen LogP contribution in [0.5, 0.6) is 17.2 Å². The second kappa shape index (κ2) is 7.87. The molecule has 0 saturated carbocycles. The molecule has 0 radical (unpaired) electrons. The number of hydrogen-bond donors (Lipinski definition) is 1. The van der Waals surface area contributed by atoms with E-state index in [4.69, 9.17) is 15.2 Å². The SMILES string of the molecule is COc1ccc(C=O)c(Oc2ccc(-c3cn(C(C)C)c4ncnc(N)c34)cc2)c1. The number of carbonyl (C=O) groups is 1. The van der Waals surface area contributed by atoms with E-state index < -0.39 is 0 Å². The van der Waals surface area contributed by atoms with Gasteiger partial charge in [0.1, 0.15) is 35.0 Å². The molecule has 0 aliphatic rings. The van der Waals surface area contributed by atoms with Crippen LogP contribution in [-0.4, -0.2) is 27.9 Å². The number of aldehydes is 1. The normalized spacial score (nSPS) is 11.1. The number of benzene rings is 2. The largest absolute Gasteiger partial charge is 0.497 e. The van der Waals surface area contributed by atoms with Crippen LogP contribution in [0.3, 0.4) is 0 Å². The van der Waals surface area contributed by atoms with E-state index >= 15 is 0 Å². The van der Waals surface area contributed by atoms with E-state index in [-0.39, 0.29) is 6.04 Å². The molecule has 152 valence electrons. The van der Waals surface area contributed by atoms with Crippen LogP contribution in [0.1, 0.15) is 30.2 Å². The smallest absolute Gasteiger partial charge is 0.153 e. The van der Waals surface area contributed by atoms with Gasteiger partial charge in [-0.1, -0.05) is 12.1 Å². The lowest BCUT2D eigenvalue weighted by Gasteiger charge is -2.10. The predicted octanol–water partition coefficient (Wildman–Crippen LogP) is 4.87. The highest BCUT2D eigenvalue weighted by Crippen LogP contribution is 2.36. The van der Waals surface area contributed by atoms with Crippen LogP contribution in [0.2, 0.25) is 0 Å². The van der Waals surface area contributed by atoms with Crippen LogP contribution in [0, 0.1) is 0 Å². The minimum absolute atomic E-state index is 0.230. The Kier molecular flexibility index (Phi) is 5.10. The Labute approximate surface area is 174 Å². The fraction of sp³-hybridized carbons (Fsp3) is 0.174. The average Bonchev–Trinajstić information content (AvgIpc) is 3.15. The molecular weight excluding hydrogens is 380 g/mol. The van der Waals surface area contributed by atoms with Crippen molar-refractivity contribution in [3.05, 3.63) is 60.6 Å². The average molecular weight is 402 g/mol. The van der Waals surface area contributed by atoms with Crippen LogP contribution in [0.4, 0.5) is 5.82 Å². The van der Waals surface area contributed by atoms with Gasteiger partial charge in [-0.25, -0.2) is 9.97 Å². The van der Waals surface area contributed by atoms with E-state index in [1.165, 1.54) is 6.33 Å². The van der Waals surface area contributed by atoms with Crippen LogP contribution < -0.4 is 15.2 Å². The predicted molar refractivity (Wildman–Crippen MR) is 116 cm³/mol. The Bertz CT molecular complexity index is 1210. The summed E-state index contributed by atoms with van der Waals surface area (Å²) in [4.78, 5) is 19.9. The Morgan fingerprint density at radius 3 is 2.47 bits per heavy atom. The van der Waals surface area contributed by atoms with E-state index in [1.807, 2.05) is 30.5 Å². The summed E-state index contributed by atoms with van der Waals surface area (Å²) in [5.74, 6) is 2.10. The lowest BCUT2D eigenvalue weighted by molar-refractivity contribution is 0.112. The molecule has 0 saturated heterocycles. The van der Waals surface area contributed by atoms with Crippen LogP contribution in [-0.2, 0) is 0 Å². The maximum Gasteiger partial charge on any atom is 0.153 e. The van der Waals surface area contributed by atoms with E-state index in [0.29, 0.717) is 28.6 Å². The van der Waals surface area contributed by atoms with Crippen molar-refractivity contribution in [3.8, 4) is 28.4 Å². The highest BCUT2D eigenvalue weighted by Gasteiger charge is 2.16. The molecular formula is C23H22N4O3. The molecule has 2 aromatic carbocycles. The van der Waals surface area contributed by atoms with Gasteiger partial charge in [0.2, 0.25) is 0 Å². The summed E-state index contributed by atoms with van der Waals surface area (Å²) in [5.41, 5.74) is 9.34. The highest BCUT2D eigenvalue weighted by atomic mass is 16.5. The summed E-state index contributed by atoms with van der Waals surface area (Å²) in [5, 5.41) is 0.830. The summed E-state index contributed by atoms with van der Waals surface area (Å²) in [6.07, 6.45) is 4.28. The van der Waals surface area contributed by atoms with Crippen LogP contribution in [0.25, 0.3) is 22.2 Å². The Hall–Kier alpha value is -3.87. The molecule has 2 heterocycles. The number of anilines is 1. The Balaban J connectivity index is 1.71. The number of rotatable bonds is 6. The molecule has 0 unspecified atom stereocenters. The monoisotopic (exact) mass is 402 g/mol. The Morgan fingerprint density at radius 1 is 1.07 bits per heavy atom. The minimum atomic E-state index is 0.230. The molecule has 0 aliphatic heterocycles. The van der Waals surface area contributed by atoms with E-state index in [1.54, 1.807) is 25.3 Å². The third-order valence-electron chi connectivity index (χ3n) is 4.94. The maximum absolute atomic E-state index is 11.3. The van der Waals surface area contributed by atoms with Crippen LogP contribution >= 0.6 is 0 Å². The van der Waals surface area contributed by atoms with Gasteiger partial charge in [-0.3, -0.25) is 4.79 Å². The first-order chi connectivity index (χ1) is 14.5. The zero-order chi connectivity index (χ0) is 21.3. The van der Waals surface area contributed by atoms with Gasteiger partial charge >= 0.3 is 0 Å². The molecule has 7 nitrogen and oxygen atoms in total. The van der Waals surface area contributed by atoms with Gasteiger partial charge in [0.25, 0.3) is 0 Å². The molecule has 2 N–H and O–H groups in total. The third kappa shape index (κ3) is 3.45. The zero-order valence-electron chi connectivity index (χ0n) is 17.0. The molecule has 0 spiro atoms. The fourth-order valence-electron chi connectivity index (χ4n) is 3.38. The van der Waals surface area contributed by atoms with E-state index in [9.17, 15) is 4.79 Å². The van der Waals surface area contributed by atoms with E-state index in [0.717, 1.165) is 28.4 Å². The third-order valence-corrected chi connectivity index (χ3v) is 4.94. The van der Waals surface area contributed by atoms with Crippen molar-refractivity contribution in [2.24, 2.45) is 0 Å². The maximum atomic E-state index is 11.3. The molecule has 0 fully saturated rings. The van der Waals surface area contributed by atoms with Gasteiger partial charge < -0.3 is 19.8 Å². The number of carbonyl (C=O) groups excluding carboxylic acids is 1. The van der Waals surface area contributed by atoms with Gasteiger partial charge in [-0.2, -0.15) is 0 Å². The number of aromatic nitrogens is 3. The van der Waals surface area contributed by atoms with Crippen LogP contribution in [0.15, 0.2) is 55.0 Å². The standard InChI is InChI=1S/C23H22N4O3/c1-14(2)27-11-19(21-22(24)25-13-26-23(21)27)15-4-7-17(8-5-15)30-20-10-18(29-3)9-6-16(20)12-28/h4-14H,1-3H3,(H2,24,25,26). The van der Waals surface area contributed by atoms with Crippen molar-refractivity contribution < 1.29 is 14.3 Å². The number of nitrogens with zero attached hydrogens (tertiary/aromatic N) is 3. The Morgan fingerprint density at radius 2 is 1.80 bits per heavy atom. The zero-order valence-corrected chi connectivity index (χ0v) is 17.0. The summed E-state index contributed by atoms with van der Waals surface area (Å²) in [7, 11) is 1.57. The summed E-state index contributed by atoms with van der Waals surface area (Å²) < 4.78 is 13.2. The molecule has 0 bridgehead atoms.